The van der Waals surface area contributed by atoms with Gasteiger partial charge in [-0.2, -0.15) is 0 Å². The van der Waals surface area contributed by atoms with Crippen LogP contribution in [0.3, 0.4) is 0 Å². The van der Waals surface area contributed by atoms with Gasteiger partial charge < -0.3 is 14.6 Å². The highest BCUT2D eigenvalue weighted by Gasteiger charge is 2.32. The summed E-state index contributed by atoms with van der Waals surface area (Å²) in [5.41, 5.74) is 0. The Bertz CT molecular complexity index is 183. The van der Waals surface area contributed by atoms with E-state index in [0.29, 0.717) is 19.1 Å². The molecule has 0 spiro atoms. The van der Waals surface area contributed by atoms with Crippen molar-refractivity contribution in [3.63, 3.8) is 0 Å². The van der Waals surface area contributed by atoms with Gasteiger partial charge in [-0.1, -0.05) is 6.92 Å². The van der Waals surface area contributed by atoms with E-state index >= 15 is 0 Å². The summed E-state index contributed by atoms with van der Waals surface area (Å²) in [6.07, 6.45) is 0.991. The Balaban J connectivity index is 2.43. The first-order valence-corrected chi connectivity index (χ1v) is 6.31. The van der Waals surface area contributed by atoms with Gasteiger partial charge in [-0.3, -0.25) is 4.90 Å². The van der Waals surface area contributed by atoms with Gasteiger partial charge in [0.25, 0.3) is 0 Å². The summed E-state index contributed by atoms with van der Waals surface area (Å²) >= 11 is 0. The fraction of sp³-hybridized carbons (Fsp3) is 1.00. The first-order valence-electron chi connectivity index (χ1n) is 6.31. The molecule has 96 valence electrons. The molecule has 1 rings (SSSR count). The van der Waals surface area contributed by atoms with Crippen molar-refractivity contribution in [1.29, 1.82) is 0 Å². The Hall–Kier alpha value is -0.160. The predicted molar refractivity (Wildman–Crippen MR) is 63.3 cm³/mol. The van der Waals surface area contributed by atoms with Crippen LogP contribution in [-0.2, 0) is 9.47 Å². The molecule has 1 fully saturated rings. The second-order valence-electron chi connectivity index (χ2n) is 4.35. The highest BCUT2D eigenvalue weighted by atomic mass is 16.7. The first-order chi connectivity index (χ1) is 7.72. The molecule has 1 heterocycles. The molecule has 0 aromatic carbocycles. The maximum atomic E-state index is 9.36. The molecule has 1 N–H and O–H groups in total. The predicted octanol–water partition coefficient (Wildman–Crippen LogP) is 1.09. The molecule has 4 heteroatoms. The van der Waals surface area contributed by atoms with Gasteiger partial charge in [0.2, 0.25) is 0 Å². The SMILES string of the molecule is CCOC(CN1CCC(C)C1CO)OCC. The Morgan fingerprint density at radius 3 is 2.44 bits per heavy atom. The largest absolute Gasteiger partial charge is 0.395 e. The van der Waals surface area contributed by atoms with Gasteiger partial charge in [0.1, 0.15) is 0 Å². The number of hydrogen-bond donors (Lipinski definition) is 1. The standard InChI is InChI=1S/C12H25NO3/c1-4-15-12(16-5-2)8-13-7-6-10(3)11(13)9-14/h10-12,14H,4-9H2,1-3H3. The molecule has 0 aromatic rings. The fourth-order valence-corrected chi connectivity index (χ4v) is 2.33. The molecular weight excluding hydrogens is 206 g/mol. The minimum absolute atomic E-state index is 0.158. The number of nitrogens with zero attached hydrogens (tertiary/aromatic N) is 1. The van der Waals surface area contributed by atoms with Crippen LogP contribution in [0.25, 0.3) is 0 Å². The van der Waals surface area contributed by atoms with E-state index in [1.54, 1.807) is 0 Å². The molecule has 0 bridgehead atoms. The lowest BCUT2D eigenvalue weighted by Crippen LogP contribution is -2.41. The minimum atomic E-state index is -0.158. The quantitative estimate of drug-likeness (QED) is 0.666. The smallest absolute Gasteiger partial charge is 0.170 e. The Kier molecular flexibility index (Phi) is 6.28. The van der Waals surface area contributed by atoms with Crippen molar-refractivity contribution < 1.29 is 14.6 Å². The number of rotatable bonds is 7. The third-order valence-corrected chi connectivity index (χ3v) is 3.27. The molecule has 2 atom stereocenters. The molecule has 2 unspecified atom stereocenters. The molecule has 4 nitrogen and oxygen atoms in total. The molecule has 1 aliphatic rings. The van der Waals surface area contributed by atoms with Crippen LogP contribution >= 0.6 is 0 Å². The number of aliphatic hydroxyl groups excluding tert-OH is 1. The lowest BCUT2D eigenvalue weighted by atomic mass is 10.0. The molecule has 0 radical (unpaired) electrons. The second-order valence-corrected chi connectivity index (χ2v) is 4.35. The van der Waals surface area contributed by atoms with E-state index < -0.39 is 0 Å². The van der Waals surface area contributed by atoms with Crippen LogP contribution in [0.5, 0.6) is 0 Å². The van der Waals surface area contributed by atoms with E-state index in [-0.39, 0.29) is 18.9 Å². The average Bonchev–Trinajstić information content (AvgIpc) is 2.60. The van der Waals surface area contributed by atoms with E-state index in [1.165, 1.54) is 0 Å². The number of ether oxygens (including phenoxy) is 2. The van der Waals surface area contributed by atoms with Crippen molar-refractivity contribution in [3.05, 3.63) is 0 Å². The van der Waals surface area contributed by atoms with E-state index in [1.807, 2.05) is 13.8 Å². The first kappa shape index (κ1) is 13.9. The van der Waals surface area contributed by atoms with Crippen LogP contribution in [-0.4, -0.2) is 55.2 Å². The normalized spacial score (nSPS) is 26.8. The summed E-state index contributed by atoms with van der Waals surface area (Å²) in [5, 5.41) is 9.36. The second kappa shape index (κ2) is 7.22. The topological polar surface area (TPSA) is 41.9 Å². The molecule has 1 aliphatic heterocycles. The van der Waals surface area contributed by atoms with Crippen molar-refractivity contribution in [2.24, 2.45) is 5.92 Å². The van der Waals surface area contributed by atoms with Crippen LogP contribution in [0.2, 0.25) is 0 Å². The molecule has 0 saturated carbocycles. The molecular formula is C12H25NO3. The zero-order valence-corrected chi connectivity index (χ0v) is 10.7. The number of aliphatic hydroxyl groups is 1. The van der Waals surface area contributed by atoms with Gasteiger partial charge in [-0.15, -0.1) is 0 Å². The molecule has 16 heavy (non-hydrogen) atoms. The van der Waals surface area contributed by atoms with Gasteiger partial charge in [-0.05, 0) is 32.7 Å². The lowest BCUT2D eigenvalue weighted by Gasteiger charge is -2.28. The zero-order chi connectivity index (χ0) is 12.0. The summed E-state index contributed by atoms with van der Waals surface area (Å²) < 4.78 is 11.1. The summed E-state index contributed by atoms with van der Waals surface area (Å²) in [5.74, 6) is 0.564. The van der Waals surface area contributed by atoms with Crippen molar-refractivity contribution in [3.8, 4) is 0 Å². The van der Waals surface area contributed by atoms with Crippen LogP contribution in [0.1, 0.15) is 27.2 Å². The molecule has 0 aliphatic carbocycles. The maximum Gasteiger partial charge on any atom is 0.170 e. The number of hydrogen-bond acceptors (Lipinski definition) is 4. The van der Waals surface area contributed by atoms with Gasteiger partial charge in [0.05, 0.1) is 6.61 Å². The fourth-order valence-electron chi connectivity index (χ4n) is 2.33. The zero-order valence-electron chi connectivity index (χ0n) is 10.7. The Morgan fingerprint density at radius 1 is 1.31 bits per heavy atom. The van der Waals surface area contributed by atoms with E-state index in [4.69, 9.17) is 9.47 Å². The van der Waals surface area contributed by atoms with Crippen LogP contribution in [0.4, 0.5) is 0 Å². The van der Waals surface area contributed by atoms with Gasteiger partial charge in [-0.25, -0.2) is 0 Å². The monoisotopic (exact) mass is 231 g/mol. The van der Waals surface area contributed by atoms with Gasteiger partial charge >= 0.3 is 0 Å². The molecule has 1 saturated heterocycles. The van der Waals surface area contributed by atoms with Crippen LogP contribution in [0, 0.1) is 5.92 Å². The third-order valence-electron chi connectivity index (χ3n) is 3.27. The summed E-state index contributed by atoms with van der Waals surface area (Å²) in [6.45, 7) is 9.49. The van der Waals surface area contributed by atoms with Crippen molar-refractivity contribution in [2.45, 2.75) is 39.5 Å². The van der Waals surface area contributed by atoms with Crippen LogP contribution < -0.4 is 0 Å². The van der Waals surface area contributed by atoms with E-state index in [2.05, 4.69) is 11.8 Å². The average molecular weight is 231 g/mol. The minimum Gasteiger partial charge on any atom is -0.395 e. The molecule has 0 amide bonds. The summed E-state index contributed by atoms with van der Waals surface area (Å²) in [4.78, 5) is 2.28. The van der Waals surface area contributed by atoms with E-state index in [0.717, 1.165) is 19.5 Å². The van der Waals surface area contributed by atoms with Crippen molar-refractivity contribution >= 4 is 0 Å². The van der Waals surface area contributed by atoms with Gasteiger partial charge in [0.15, 0.2) is 6.29 Å². The van der Waals surface area contributed by atoms with E-state index in [9.17, 15) is 5.11 Å². The Morgan fingerprint density at radius 2 is 1.94 bits per heavy atom. The molecule has 0 aromatic heterocycles. The Labute approximate surface area is 98.5 Å². The van der Waals surface area contributed by atoms with Crippen LogP contribution in [0.15, 0.2) is 0 Å². The summed E-state index contributed by atoms with van der Waals surface area (Å²) in [6, 6.07) is 0.267. The third kappa shape index (κ3) is 3.70. The van der Waals surface area contributed by atoms with Gasteiger partial charge in [0, 0.05) is 25.8 Å². The lowest BCUT2D eigenvalue weighted by molar-refractivity contribution is -0.149. The van der Waals surface area contributed by atoms with Crippen molar-refractivity contribution in [2.75, 3.05) is 32.9 Å². The van der Waals surface area contributed by atoms with Crippen molar-refractivity contribution in [1.82, 2.24) is 4.90 Å². The highest BCUT2D eigenvalue weighted by molar-refractivity contribution is 4.84. The maximum absolute atomic E-state index is 9.36. The highest BCUT2D eigenvalue weighted by Crippen LogP contribution is 2.23. The summed E-state index contributed by atoms with van der Waals surface area (Å²) in [7, 11) is 0. The number of likely N-dealkylation sites (tertiary alicyclic amines) is 1.